The van der Waals surface area contributed by atoms with Crippen molar-refractivity contribution in [1.82, 2.24) is 19.1 Å². The molecule has 0 unspecified atom stereocenters. The summed E-state index contributed by atoms with van der Waals surface area (Å²) in [6.07, 6.45) is 2.67. The number of hydrogen-bond acceptors (Lipinski definition) is 8. The molecule has 4 aromatic rings. The number of thioether (sulfide) groups is 1. The SMILES string of the molecule is C[C@@H](Sc1snc2ccc([N+](=O)[O-])cc12)[C@](O)(Cn1cncn1)c1ccc(F)cc1F. The number of rotatable bonds is 7. The molecule has 0 aliphatic heterocycles. The lowest BCUT2D eigenvalue weighted by atomic mass is 9.90. The Morgan fingerprint density at radius 1 is 1.32 bits per heavy atom. The van der Waals surface area contributed by atoms with Gasteiger partial charge in [0, 0.05) is 34.4 Å². The normalized spacial score (nSPS) is 14.5. The second-order valence-electron chi connectivity index (χ2n) is 6.83. The van der Waals surface area contributed by atoms with Gasteiger partial charge in [0.25, 0.3) is 5.69 Å². The van der Waals surface area contributed by atoms with E-state index in [-0.39, 0.29) is 17.8 Å². The summed E-state index contributed by atoms with van der Waals surface area (Å²) in [6.45, 7) is 1.55. The van der Waals surface area contributed by atoms with Gasteiger partial charge in [0.1, 0.15) is 29.9 Å². The summed E-state index contributed by atoms with van der Waals surface area (Å²) in [5.74, 6) is -1.65. The van der Waals surface area contributed by atoms with Crippen LogP contribution < -0.4 is 0 Å². The Hall–Kier alpha value is -2.96. The van der Waals surface area contributed by atoms with Gasteiger partial charge in [-0.3, -0.25) is 10.1 Å². The predicted octanol–water partition coefficient (Wildman–Crippen LogP) is 4.14. The Morgan fingerprint density at radius 3 is 2.81 bits per heavy atom. The van der Waals surface area contributed by atoms with E-state index in [1.807, 2.05) is 0 Å². The third kappa shape index (κ3) is 4.13. The third-order valence-electron chi connectivity index (χ3n) is 4.86. The first kappa shape index (κ1) is 21.3. The first-order valence-corrected chi connectivity index (χ1v) is 10.6. The molecule has 1 N–H and O–H groups in total. The van der Waals surface area contributed by atoms with E-state index >= 15 is 0 Å². The first-order chi connectivity index (χ1) is 14.8. The molecule has 0 aliphatic rings. The van der Waals surface area contributed by atoms with Crippen LogP contribution in [0.1, 0.15) is 12.5 Å². The summed E-state index contributed by atoms with van der Waals surface area (Å²) in [5, 5.41) is 26.6. The van der Waals surface area contributed by atoms with Crippen LogP contribution in [-0.4, -0.2) is 34.4 Å². The Balaban J connectivity index is 1.74. The van der Waals surface area contributed by atoms with Crippen LogP contribution in [0.4, 0.5) is 14.5 Å². The van der Waals surface area contributed by atoms with Gasteiger partial charge in [-0.15, -0.1) is 11.8 Å². The van der Waals surface area contributed by atoms with Crippen LogP contribution >= 0.6 is 23.3 Å². The number of nitro benzene ring substituents is 1. The molecular formula is C19H15F2N5O3S2. The highest BCUT2D eigenvalue weighted by Gasteiger charge is 2.40. The van der Waals surface area contributed by atoms with E-state index in [9.17, 15) is 24.0 Å². The number of benzene rings is 2. The number of hydrogen-bond donors (Lipinski definition) is 1. The number of non-ortho nitro benzene ring substituents is 1. The lowest BCUT2D eigenvalue weighted by molar-refractivity contribution is -0.384. The van der Waals surface area contributed by atoms with E-state index < -0.39 is 27.4 Å². The van der Waals surface area contributed by atoms with Crippen LogP contribution in [0.15, 0.2) is 53.3 Å². The van der Waals surface area contributed by atoms with Crippen molar-refractivity contribution in [2.75, 3.05) is 0 Å². The van der Waals surface area contributed by atoms with Gasteiger partial charge in [-0.1, -0.05) is 6.07 Å². The number of nitrogens with zero attached hydrogens (tertiary/aromatic N) is 5. The third-order valence-corrected chi connectivity index (χ3v) is 7.22. The van der Waals surface area contributed by atoms with Gasteiger partial charge < -0.3 is 5.11 Å². The first-order valence-electron chi connectivity index (χ1n) is 8.99. The summed E-state index contributed by atoms with van der Waals surface area (Å²) < 4.78 is 34.4. The molecule has 0 bridgehead atoms. The summed E-state index contributed by atoms with van der Waals surface area (Å²) in [5.41, 5.74) is -1.39. The van der Waals surface area contributed by atoms with Gasteiger partial charge >= 0.3 is 0 Å². The highest BCUT2D eigenvalue weighted by atomic mass is 32.2. The lowest BCUT2D eigenvalue weighted by Gasteiger charge is -2.34. The van der Waals surface area contributed by atoms with Crippen LogP contribution in [0.5, 0.6) is 0 Å². The fourth-order valence-electron chi connectivity index (χ4n) is 3.20. The second kappa shape index (κ2) is 8.29. The predicted molar refractivity (Wildman–Crippen MR) is 112 cm³/mol. The van der Waals surface area contributed by atoms with Crippen molar-refractivity contribution >= 4 is 39.9 Å². The van der Waals surface area contributed by atoms with E-state index in [4.69, 9.17) is 0 Å². The van der Waals surface area contributed by atoms with Crippen LogP contribution in [-0.2, 0) is 12.1 Å². The molecule has 0 saturated carbocycles. The maximum atomic E-state index is 14.7. The molecule has 0 aliphatic carbocycles. The largest absolute Gasteiger partial charge is 0.382 e. The van der Waals surface area contributed by atoms with Crippen LogP contribution in [0.2, 0.25) is 0 Å². The molecule has 0 radical (unpaired) electrons. The van der Waals surface area contributed by atoms with E-state index in [1.54, 1.807) is 13.0 Å². The van der Waals surface area contributed by atoms with Crippen LogP contribution in [0.3, 0.4) is 0 Å². The van der Waals surface area contributed by atoms with Gasteiger partial charge in [0.15, 0.2) is 0 Å². The van der Waals surface area contributed by atoms with Crippen molar-refractivity contribution in [2.24, 2.45) is 0 Å². The summed E-state index contributed by atoms with van der Waals surface area (Å²) >= 11 is 2.33. The molecule has 31 heavy (non-hydrogen) atoms. The minimum atomic E-state index is -1.80. The van der Waals surface area contributed by atoms with Gasteiger partial charge in [0.05, 0.1) is 21.2 Å². The average molecular weight is 463 g/mol. The van der Waals surface area contributed by atoms with Crippen molar-refractivity contribution in [3.05, 3.63) is 76.4 Å². The number of nitro groups is 1. The highest BCUT2D eigenvalue weighted by Crippen LogP contribution is 2.43. The summed E-state index contributed by atoms with van der Waals surface area (Å²) in [6, 6.07) is 7.34. The van der Waals surface area contributed by atoms with Gasteiger partial charge in [-0.2, -0.15) is 9.47 Å². The summed E-state index contributed by atoms with van der Waals surface area (Å²) in [4.78, 5) is 14.5. The van der Waals surface area contributed by atoms with E-state index in [0.717, 1.165) is 17.6 Å². The maximum absolute atomic E-state index is 14.7. The molecule has 2 atom stereocenters. The molecule has 0 amide bonds. The number of fused-ring (bicyclic) bond motifs is 1. The fourth-order valence-corrected chi connectivity index (χ4v) is 5.53. The van der Waals surface area contributed by atoms with Gasteiger partial charge in [-0.05, 0) is 30.6 Å². The fraction of sp³-hybridized carbons (Fsp3) is 0.211. The van der Waals surface area contributed by atoms with Crippen LogP contribution in [0, 0.1) is 21.7 Å². The topological polar surface area (TPSA) is 107 Å². The number of aromatic nitrogens is 4. The lowest BCUT2D eigenvalue weighted by Crippen LogP contribution is -2.41. The molecule has 0 saturated heterocycles. The zero-order valence-corrected chi connectivity index (χ0v) is 17.6. The van der Waals surface area contributed by atoms with E-state index in [1.165, 1.54) is 47.3 Å². The Bertz CT molecular complexity index is 1250. The number of halogens is 2. The Labute approximate surface area is 182 Å². The monoisotopic (exact) mass is 463 g/mol. The maximum Gasteiger partial charge on any atom is 0.270 e. The Kier molecular flexibility index (Phi) is 5.69. The summed E-state index contributed by atoms with van der Waals surface area (Å²) in [7, 11) is 0. The molecule has 2 aromatic carbocycles. The zero-order chi connectivity index (χ0) is 22.2. The van der Waals surface area contributed by atoms with Crippen LogP contribution in [0.25, 0.3) is 10.9 Å². The standard InChI is InChI=1S/C19H15F2N5O3S2/c1-11(30-18-14-7-13(26(28)29)3-5-17(14)24-31-18)19(27,8-25-10-22-9-23-25)15-4-2-12(20)6-16(15)21/h2-7,9-11,27H,8H2,1H3/t11-,19-/m1/s1. The van der Waals surface area contributed by atoms with Gasteiger partial charge in [0.2, 0.25) is 0 Å². The van der Waals surface area contributed by atoms with Crippen molar-refractivity contribution < 1.29 is 18.8 Å². The highest BCUT2D eigenvalue weighted by molar-refractivity contribution is 8.01. The average Bonchev–Trinajstić information content (AvgIpc) is 3.37. The van der Waals surface area contributed by atoms with E-state index in [2.05, 4.69) is 14.5 Å². The molecular weight excluding hydrogens is 448 g/mol. The smallest absolute Gasteiger partial charge is 0.270 e. The molecule has 0 spiro atoms. The minimum Gasteiger partial charge on any atom is -0.382 e. The van der Waals surface area contributed by atoms with Crippen molar-refractivity contribution in [3.8, 4) is 0 Å². The minimum absolute atomic E-state index is 0.0790. The molecule has 160 valence electrons. The number of aliphatic hydroxyl groups is 1. The molecule has 12 heteroatoms. The van der Waals surface area contributed by atoms with Gasteiger partial charge in [-0.25, -0.2) is 18.4 Å². The molecule has 0 fully saturated rings. The van der Waals surface area contributed by atoms with E-state index in [0.29, 0.717) is 21.2 Å². The molecule has 2 aromatic heterocycles. The quantitative estimate of drug-likeness (QED) is 0.249. The molecule has 4 rings (SSSR count). The Morgan fingerprint density at radius 2 is 2.13 bits per heavy atom. The zero-order valence-electron chi connectivity index (χ0n) is 16.0. The van der Waals surface area contributed by atoms with Crippen molar-refractivity contribution in [1.29, 1.82) is 0 Å². The molecule has 2 heterocycles. The second-order valence-corrected chi connectivity index (χ2v) is 9.21. The van der Waals surface area contributed by atoms with Crippen molar-refractivity contribution in [3.63, 3.8) is 0 Å². The molecule has 8 nitrogen and oxygen atoms in total. The van der Waals surface area contributed by atoms with Crippen molar-refractivity contribution in [2.45, 2.75) is 28.5 Å².